The molecule has 10 nitrogen and oxygen atoms in total. The van der Waals surface area contributed by atoms with E-state index in [1.165, 1.54) is 11.8 Å². The number of likely N-dealkylation sites (tertiary alicyclic amines) is 1. The second-order valence-electron chi connectivity index (χ2n) is 11.2. The Hall–Kier alpha value is -3.51. The number of nitrogens with one attached hydrogen (secondary N) is 3. The minimum absolute atomic E-state index is 0.0700. The highest BCUT2D eigenvalue weighted by molar-refractivity contribution is 8.02. The number of nitrogens with zero attached hydrogens (tertiary/aromatic N) is 2. The van der Waals surface area contributed by atoms with Crippen LogP contribution in [0.25, 0.3) is 0 Å². The number of hydrogen-bond donors (Lipinski definition) is 4. The maximum absolute atomic E-state index is 13.5. The Balaban J connectivity index is 1.32. The van der Waals surface area contributed by atoms with Gasteiger partial charge in [0, 0.05) is 50.1 Å². The molecular formula is C31H39N5O5S2. The zero-order valence-electron chi connectivity index (χ0n) is 24.6. The molecule has 2 aliphatic rings. The van der Waals surface area contributed by atoms with Gasteiger partial charge < -0.3 is 20.9 Å². The lowest BCUT2D eigenvalue weighted by Crippen LogP contribution is -2.50. The molecule has 1 fully saturated rings. The molecule has 0 radical (unpaired) electrons. The van der Waals surface area contributed by atoms with Gasteiger partial charge in [0.15, 0.2) is 0 Å². The topological polar surface area (TPSA) is 128 Å². The van der Waals surface area contributed by atoms with E-state index in [9.17, 15) is 24.0 Å². The molecule has 3 N–H and O–H groups in total. The molecule has 6 amide bonds. The number of hydrogen-bond acceptors (Lipinski definition) is 7. The number of urea groups is 1. The maximum atomic E-state index is 13.5. The van der Waals surface area contributed by atoms with E-state index in [2.05, 4.69) is 16.0 Å². The van der Waals surface area contributed by atoms with Crippen LogP contribution in [-0.2, 0) is 16.0 Å². The molecular weight excluding hydrogens is 587 g/mol. The van der Waals surface area contributed by atoms with Gasteiger partial charge in [0.25, 0.3) is 11.8 Å². The van der Waals surface area contributed by atoms with Crippen LogP contribution in [0, 0.1) is 5.92 Å². The minimum atomic E-state index is -0.713. The number of thioether (sulfide) groups is 1. The van der Waals surface area contributed by atoms with Crippen LogP contribution < -0.4 is 16.0 Å². The van der Waals surface area contributed by atoms with E-state index in [1.807, 2.05) is 44.2 Å². The monoisotopic (exact) mass is 625 g/mol. The molecule has 12 heteroatoms. The number of fused-ring (bicyclic) bond motifs is 1. The summed E-state index contributed by atoms with van der Waals surface area (Å²) in [5.41, 5.74) is 1.69. The van der Waals surface area contributed by atoms with Gasteiger partial charge in [0.2, 0.25) is 11.8 Å². The summed E-state index contributed by atoms with van der Waals surface area (Å²) in [4.78, 5) is 67.1. The second-order valence-corrected chi connectivity index (χ2v) is 13.3. The van der Waals surface area contributed by atoms with Crippen molar-refractivity contribution in [2.75, 3.05) is 33.2 Å². The fourth-order valence-corrected chi connectivity index (χ4v) is 7.39. The van der Waals surface area contributed by atoms with Crippen molar-refractivity contribution >= 4 is 54.1 Å². The molecule has 0 spiro atoms. The average molecular weight is 626 g/mol. The van der Waals surface area contributed by atoms with Crippen LogP contribution in [0.3, 0.4) is 0 Å². The van der Waals surface area contributed by atoms with Gasteiger partial charge in [-0.2, -0.15) is 12.6 Å². The number of carbonyl (C=O) groups is 5. The molecule has 0 unspecified atom stereocenters. The van der Waals surface area contributed by atoms with Gasteiger partial charge in [-0.3, -0.25) is 24.1 Å². The predicted molar refractivity (Wildman–Crippen MR) is 170 cm³/mol. The maximum Gasteiger partial charge on any atom is 0.317 e. The van der Waals surface area contributed by atoms with E-state index in [0.29, 0.717) is 37.1 Å². The first-order valence-corrected chi connectivity index (χ1v) is 15.9. The minimum Gasteiger partial charge on any atom is -0.357 e. The Labute approximate surface area is 262 Å². The zero-order valence-corrected chi connectivity index (χ0v) is 26.3. The summed E-state index contributed by atoms with van der Waals surface area (Å²) in [6, 6.07) is 15.2. The van der Waals surface area contributed by atoms with Gasteiger partial charge >= 0.3 is 6.03 Å². The lowest BCUT2D eigenvalue weighted by molar-refractivity contribution is -0.128. The molecule has 0 bridgehead atoms. The Kier molecular flexibility index (Phi) is 11.1. The van der Waals surface area contributed by atoms with Crippen LogP contribution in [0.1, 0.15) is 46.5 Å². The molecule has 230 valence electrons. The van der Waals surface area contributed by atoms with Crippen molar-refractivity contribution in [3.05, 3.63) is 71.3 Å². The van der Waals surface area contributed by atoms with Crippen LogP contribution in [0.5, 0.6) is 0 Å². The van der Waals surface area contributed by atoms with E-state index < -0.39 is 11.3 Å². The third-order valence-electron chi connectivity index (χ3n) is 7.49. The summed E-state index contributed by atoms with van der Waals surface area (Å²) >= 11 is 6.22. The van der Waals surface area contributed by atoms with E-state index in [-0.39, 0.29) is 59.2 Å². The molecule has 0 aromatic heterocycles. The summed E-state index contributed by atoms with van der Waals surface area (Å²) in [5.74, 6) is -0.966. The first-order chi connectivity index (χ1) is 20.6. The van der Waals surface area contributed by atoms with E-state index in [4.69, 9.17) is 12.6 Å². The smallest absolute Gasteiger partial charge is 0.317 e. The third-order valence-corrected chi connectivity index (χ3v) is 9.78. The summed E-state index contributed by atoms with van der Waals surface area (Å²) < 4.78 is 0. The lowest BCUT2D eigenvalue weighted by Gasteiger charge is -2.26. The number of carbonyl (C=O) groups excluding carboxylic acids is 5. The summed E-state index contributed by atoms with van der Waals surface area (Å²) in [6.45, 7) is 5.06. The van der Waals surface area contributed by atoms with Gasteiger partial charge in [-0.15, -0.1) is 11.8 Å². The van der Waals surface area contributed by atoms with E-state index >= 15 is 0 Å². The van der Waals surface area contributed by atoms with Gasteiger partial charge in [-0.25, -0.2) is 4.79 Å². The van der Waals surface area contributed by atoms with Crippen molar-refractivity contribution in [1.82, 2.24) is 25.8 Å². The highest BCUT2D eigenvalue weighted by Crippen LogP contribution is 2.33. The second kappa shape index (κ2) is 14.8. The Morgan fingerprint density at radius 3 is 2.19 bits per heavy atom. The molecule has 0 saturated carbocycles. The van der Waals surface area contributed by atoms with Crippen LogP contribution in [0.2, 0.25) is 0 Å². The summed E-state index contributed by atoms with van der Waals surface area (Å²) in [6.07, 6.45) is 0.977. The average Bonchev–Trinajstić information content (AvgIpc) is 3.48. The Morgan fingerprint density at radius 1 is 0.953 bits per heavy atom. The molecule has 2 aromatic rings. The molecule has 2 aromatic carbocycles. The number of likely N-dealkylation sites (N-methyl/N-ethyl adjacent to an activating group) is 1. The largest absolute Gasteiger partial charge is 0.357 e. The van der Waals surface area contributed by atoms with Crippen molar-refractivity contribution in [3.63, 3.8) is 0 Å². The van der Waals surface area contributed by atoms with Crippen molar-refractivity contribution in [2.24, 2.45) is 5.92 Å². The zero-order chi connectivity index (χ0) is 31.1. The summed E-state index contributed by atoms with van der Waals surface area (Å²) in [5, 5.41) is 7.73. The third kappa shape index (κ3) is 8.11. The fraction of sp³-hybridized carbons (Fsp3) is 0.452. The molecule has 4 rings (SSSR count). The number of benzene rings is 2. The van der Waals surface area contributed by atoms with Crippen molar-refractivity contribution in [2.45, 2.75) is 48.5 Å². The van der Waals surface area contributed by atoms with Crippen LogP contribution in [-0.4, -0.2) is 94.5 Å². The number of imide groups is 1. The molecule has 4 atom stereocenters. The Bertz CT molecular complexity index is 1310. The Morgan fingerprint density at radius 2 is 1.58 bits per heavy atom. The van der Waals surface area contributed by atoms with Gasteiger partial charge in [-0.05, 0) is 30.0 Å². The highest BCUT2D eigenvalue weighted by atomic mass is 32.2. The molecule has 2 heterocycles. The van der Waals surface area contributed by atoms with Crippen LogP contribution in [0.4, 0.5) is 4.79 Å². The van der Waals surface area contributed by atoms with Gasteiger partial charge in [-0.1, -0.05) is 56.3 Å². The number of rotatable bonds is 12. The van der Waals surface area contributed by atoms with E-state index in [0.717, 1.165) is 10.5 Å². The van der Waals surface area contributed by atoms with Crippen molar-refractivity contribution < 1.29 is 24.0 Å². The fourth-order valence-electron chi connectivity index (χ4n) is 5.25. The van der Waals surface area contributed by atoms with Gasteiger partial charge in [0.05, 0.1) is 16.4 Å². The molecule has 2 aliphatic heterocycles. The number of thiol groups is 1. The summed E-state index contributed by atoms with van der Waals surface area (Å²) in [7, 11) is 1.55. The molecule has 43 heavy (non-hydrogen) atoms. The van der Waals surface area contributed by atoms with Crippen LogP contribution in [0.15, 0.2) is 54.6 Å². The van der Waals surface area contributed by atoms with Crippen LogP contribution >= 0.6 is 24.4 Å². The SMILES string of the molecule is CNC(=O)[C@H](Cc1ccccc1)NC(=O)[C@@H](CC(C)C)S[C@@H]1CN(C(=O)NCCN2C(=O)c3ccccc3C2=O)C[C@@H]1S. The normalized spacial score (nSPS) is 19.3. The lowest BCUT2D eigenvalue weighted by atomic mass is 10.0. The predicted octanol–water partition coefficient (Wildman–Crippen LogP) is 2.60. The van der Waals surface area contributed by atoms with E-state index in [1.54, 1.807) is 36.2 Å². The standard InChI is InChI=1S/C31H39N5O5S2/c1-19(2)15-25(28(38)34-23(27(37)32-3)16-20-9-5-4-6-10-20)43-26-18-35(17-24(26)42)31(41)33-13-14-36-29(39)21-11-7-8-12-22(21)30(36)40/h4-12,19,23-26,42H,13-18H2,1-3H3,(H,32,37)(H,33,41)(H,34,38)/t23-,24-,25+,26+/m0/s1. The van der Waals surface area contributed by atoms with Gasteiger partial charge in [0.1, 0.15) is 6.04 Å². The number of amides is 6. The van der Waals surface area contributed by atoms with Crippen molar-refractivity contribution in [1.29, 1.82) is 0 Å². The quantitative estimate of drug-likeness (QED) is 0.212. The first kappa shape index (κ1) is 32.4. The molecule has 0 aliphatic carbocycles. The van der Waals surface area contributed by atoms with Crippen molar-refractivity contribution in [3.8, 4) is 0 Å². The highest BCUT2D eigenvalue weighted by Gasteiger charge is 2.38. The molecule has 1 saturated heterocycles. The first-order valence-electron chi connectivity index (χ1n) is 14.5.